The minimum absolute atomic E-state index is 0.270. The molecule has 1 heterocycles. The Balaban J connectivity index is 2.14. The van der Waals surface area contributed by atoms with Crippen molar-refractivity contribution in [1.82, 2.24) is 0 Å². The van der Waals surface area contributed by atoms with E-state index in [-0.39, 0.29) is 16.7 Å². The first kappa shape index (κ1) is 19.8. The number of aromatic carboxylic acids is 1. The number of benzene rings is 2. The molecule has 0 spiro atoms. The monoisotopic (exact) mass is 410 g/mol. The first-order valence-corrected chi connectivity index (χ1v) is 9.50. The number of allylic oxidation sites excluding steroid dienone is 1. The van der Waals surface area contributed by atoms with Gasteiger partial charge < -0.3 is 24.4 Å². The summed E-state index contributed by atoms with van der Waals surface area (Å²) in [7, 11) is 2.92. The van der Waals surface area contributed by atoms with E-state index in [4.69, 9.17) is 14.2 Å². The lowest BCUT2D eigenvalue weighted by molar-refractivity contribution is -0.104. The Morgan fingerprint density at radius 3 is 2.53 bits per heavy atom. The molecule has 30 heavy (non-hydrogen) atoms. The molecule has 0 radical (unpaired) electrons. The van der Waals surface area contributed by atoms with E-state index in [0.29, 0.717) is 46.6 Å². The highest BCUT2D eigenvalue weighted by Gasteiger charge is 2.44. The number of fused-ring (bicyclic) bond motifs is 4. The molecule has 2 aliphatic rings. The molecule has 4 rings (SSSR count). The maximum Gasteiger partial charge on any atom is 0.339 e. The number of rotatable bonds is 4. The van der Waals surface area contributed by atoms with Crippen molar-refractivity contribution in [3.05, 3.63) is 40.0 Å². The third kappa shape index (κ3) is 2.65. The van der Waals surface area contributed by atoms with Crippen LogP contribution in [-0.2, 0) is 4.79 Å². The van der Waals surface area contributed by atoms with Gasteiger partial charge in [-0.25, -0.2) is 4.79 Å². The van der Waals surface area contributed by atoms with Crippen LogP contribution in [0.5, 0.6) is 23.0 Å². The minimum Gasteiger partial charge on any atom is -0.506 e. The van der Waals surface area contributed by atoms with E-state index in [1.165, 1.54) is 20.3 Å². The lowest BCUT2D eigenvalue weighted by Crippen LogP contribution is -2.33. The summed E-state index contributed by atoms with van der Waals surface area (Å²) in [5.41, 5.74) is 2.18. The number of carboxylic acid groups (broad SMARTS) is 1. The zero-order chi connectivity index (χ0) is 21.8. The van der Waals surface area contributed by atoms with Crippen molar-refractivity contribution in [3.8, 4) is 23.0 Å². The second kappa shape index (κ2) is 6.79. The Morgan fingerprint density at radius 1 is 1.23 bits per heavy atom. The normalized spacial score (nSPS) is 21.3. The van der Waals surface area contributed by atoms with E-state index in [1.807, 2.05) is 13.0 Å². The van der Waals surface area contributed by atoms with Gasteiger partial charge in [0, 0.05) is 16.3 Å². The fraction of sp³-hybridized carbons (Fsp3) is 0.304. The van der Waals surface area contributed by atoms with Crippen molar-refractivity contribution in [3.63, 3.8) is 0 Å². The summed E-state index contributed by atoms with van der Waals surface area (Å²) >= 11 is 0. The molecule has 7 nitrogen and oxygen atoms in total. The minimum atomic E-state index is -1.27. The third-order valence-corrected chi connectivity index (χ3v) is 6.00. The van der Waals surface area contributed by atoms with Gasteiger partial charge in [0.15, 0.2) is 11.5 Å². The number of aromatic hydroxyl groups is 1. The molecule has 1 saturated carbocycles. The van der Waals surface area contributed by atoms with Gasteiger partial charge in [-0.1, -0.05) is 0 Å². The molecule has 2 aromatic carbocycles. The number of hydrogen-bond donors (Lipinski definition) is 2. The summed E-state index contributed by atoms with van der Waals surface area (Å²) in [4.78, 5) is 23.0. The number of carboxylic acids is 1. The molecule has 1 aliphatic heterocycles. The highest BCUT2D eigenvalue weighted by atomic mass is 16.5. The van der Waals surface area contributed by atoms with E-state index in [9.17, 15) is 19.8 Å². The topological polar surface area (TPSA) is 102 Å². The zero-order valence-electron chi connectivity index (χ0n) is 17.2. The van der Waals surface area contributed by atoms with E-state index in [2.05, 4.69) is 0 Å². The Morgan fingerprint density at radius 2 is 1.93 bits per heavy atom. The number of hydrogen-bond acceptors (Lipinski definition) is 6. The number of phenols is 1. The molecule has 7 heteroatoms. The van der Waals surface area contributed by atoms with E-state index in [1.54, 1.807) is 13.0 Å². The van der Waals surface area contributed by atoms with Gasteiger partial charge in [0.05, 0.1) is 14.2 Å². The van der Waals surface area contributed by atoms with Crippen molar-refractivity contribution in [2.24, 2.45) is 0 Å². The standard InChI is InChI=1S/C23H22O7/c1-11(10-24)12-5-6-23(2)16(12)7-14-19-13(8-18(29-4)21(14)30-23)20(25)15(22(26)27)9-17(19)28-3/h7-10,25H,5-6H2,1-4H3,(H,26,27)/t23-/m1/s1. The Hall–Kier alpha value is -3.48. The van der Waals surface area contributed by atoms with Gasteiger partial charge in [0.1, 0.15) is 28.9 Å². The van der Waals surface area contributed by atoms with Gasteiger partial charge in [0.2, 0.25) is 0 Å². The quantitative estimate of drug-likeness (QED) is 0.578. The highest BCUT2D eigenvalue weighted by Crippen LogP contribution is 2.54. The van der Waals surface area contributed by atoms with Crippen LogP contribution in [0.3, 0.4) is 0 Å². The van der Waals surface area contributed by atoms with Crippen molar-refractivity contribution in [1.29, 1.82) is 0 Å². The predicted octanol–water partition coefficient (Wildman–Crippen LogP) is 4.10. The second-order valence-corrected chi connectivity index (χ2v) is 7.69. The average Bonchev–Trinajstić information content (AvgIpc) is 3.07. The maximum atomic E-state index is 11.6. The fourth-order valence-electron chi connectivity index (χ4n) is 4.40. The van der Waals surface area contributed by atoms with Crippen LogP contribution in [-0.4, -0.2) is 42.3 Å². The summed E-state index contributed by atoms with van der Waals surface area (Å²) in [6, 6.07) is 2.85. The number of carbonyl (C=O) groups is 2. The number of carbonyl (C=O) groups excluding carboxylic acids is 1. The summed E-state index contributed by atoms with van der Waals surface area (Å²) < 4.78 is 17.4. The van der Waals surface area contributed by atoms with Crippen molar-refractivity contribution < 1.29 is 34.0 Å². The first-order chi connectivity index (χ1) is 14.3. The van der Waals surface area contributed by atoms with Gasteiger partial charge in [-0.2, -0.15) is 0 Å². The largest absolute Gasteiger partial charge is 0.506 e. The first-order valence-electron chi connectivity index (χ1n) is 9.50. The second-order valence-electron chi connectivity index (χ2n) is 7.69. The molecule has 0 aromatic heterocycles. The summed E-state index contributed by atoms with van der Waals surface area (Å²) in [6.45, 7) is 3.75. The number of ether oxygens (including phenoxy) is 3. The molecule has 0 saturated heterocycles. The van der Waals surface area contributed by atoms with Crippen molar-refractivity contribution in [2.75, 3.05) is 14.2 Å². The van der Waals surface area contributed by atoms with Crippen molar-refractivity contribution >= 4 is 29.1 Å². The molecule has 1 aliphatic carbocycles. The maximum absolute atomic E-state index is 11.6. The van der Waals surface area contributed by atoms with Crippen LogP contribution in [0.15, 0.2) is 28.9 Å². The molecular formula is C23H22O7. The Bertz CT molecular complexity index is 1170. The van der Waals surface area contributed by atoms with Gasteiger partial charge >= 0.3 is 5.97 Å². The number of methoxy groups -OCH3 is 2. The molecule has 2 aromatic rings. The Labute approximate surface area is 173 Å². The smallest absolute Gasteiger partial charge is 0.339 e. The van der Waals surface area contributed by atoms with E-state index in [0.717, 1.165) is 17.4 Å². The fourth-order valence-corrected chi connectivity index (χ4v) is 4.40. The van der Waals surface area contributed by atoms with Crippen LogP contribution < -0.4 is 14.2 Å². The number of aldehydes is 1. The van der Waals surface area contributed by atoms with Crippen LogP contribution in [0.2, 0.25) is 0 Å². The lowest BCUT2D eigenvalue weighted by atomic mass is 9.88. The molecule has 2 N–H and O–H groups in total. The molecular weight excluding hydrogens is 388 g/mol. The van der Waals surface area contributed by atoms with E-state index >= 15 is 0 Å². The summed E-state index contributed by atoms with van der Waals surface area (Å²) in [5.74, 6) is -0.495. The molecule has 0 unspecified atom stereocenters. The van der Waals surface area contributed by atoms with Crippen LogP contribution in [0, 0.1) is 0 Å². The molecule has 1 fully saturated rings. The van der Waals surface area contributed by atoms with Gasteiger partial charge in [0.25, 0.3) is 0 Å². The van der Waals surface area contributed by atoms with Crippen LogP contribution in [0.25, 0.3) is 16.8 Å². The molecule has 0 amide bonds. The van der Waals surface area contributed by atoms with E-state index < -0.39 is 11.6 Å². The molecule has 0 bridgehead atoms. The summed E-state index contributed by atoms with van der Waals surface area (Å²) in [5, 5.41) is 20.9. The summed E-state index contributed by atoms with van der Waals surface area (Å²) in [6.07, 6.45) is 4.18. The average molecular weight is 410 g/mol. The molecule has 156 valence electrons. The van der Waals surface area contributed by atoms with Crippen LogP contribution >= 0.6 is 0 Å². The lowest BCUT2D eigenvalue weighted by Gasteiger charge is -2.34. The van der Waals surface area contributed by atoms with Crippen LogP contribution in [0.1, 0.15) is 42.6 Å². The Kier molecular flexibility index (Phi) is 4.49. The van der Waals surface area contributed by atoms with Gasteiger partial charge in [-0.3, -0.25) is 4.79 Å². The third-order valence-electron chi connectivity index (χ3n) is 6.00. The highest BCUT2D eigenvalue weighted by molar-refractivity contribution is 6.08. The predicted molar refractivity (Wildman–Crippen MR) is 111 cm³/mol. The van der Waals surface area contributed by atoms with Crippen molar-refractivity contribution in [2.45, 2.75) is 32.3 Å². The zero-order valence-corrected chi connectivity index (χ0v) is 17.2. The molecule has 1 atom stereocenters. The van der Waals surface area contributed by atoms with Gasteiger partial charge in [-0.15, -0.1) is 0 Å². The van der Waals surface area contributed by atoms with Gasteiger partial charge in [-0.05, 0) is 61.6 Å². The SMILES string of the molecule is COc1cc2c(O)c(C(=O)O)cc(OC)c2c2c1O[C@]1(C)CCC(=C(C)C=O)C1=C2. The van der Waals surface area contributed by atoms with Crippen LogP contribution in [0.4, 0.5) is 0 Å².